The van der Waals surface area contributed by atoms with Gasteiger partial charge in [-0.05, 0) is 99.2 Å². The second-order valence-corrected chi connectivity index (χ2v) is 13.0. The maximum absolute atomic E-state index is 13.5. The van der Waals surface area contributed by atoms with Gasteiger partial charge in [-0.15, -0.1) is 0 Å². The summed E-state index contributed by atoms with van der Waals surface area (Å²) in [5.74, 6) is 2.57. The summed E-state index contributed by atoms with van der Waals surface area (Å²) < 4.78 is 0. The van der Waals surface area contributed by atoms with Gasteiger partial charge in [-0.25, -0.2) is 0 Å². The van der Waals surface area contributed by atoms with E-state index < -0.39 is 17.8 Å². The van der Waals surface area contributed by atoms with Gasteiger partial charge < -0.3 is 15.3 Å². The predicted octanol–water partition coefficient (Wildman–Crippen LogP) is 4.73. The Morgan fingerprint density at radius 3 is 2.32 bits per heavy atom. The highest BCUT2D eigenvalue weighted by Crippen LogP contribution is 2.67. The highest BCUT2D eigenvalue weighted by atomic mass is 16.3. The second kappa shape index (κ2) is 8.09. The third-order valence-corrected chi connectivity index (χ3v) is 10.8. The molecule has 0 aliphatic heterocycles. The van der Waals surface area contributed by atoms with Crippen molar-refractivity contribution in [1.29, 1.82) is 0 Å². The van der Waals surface area contributed by atoms with Crippen LogP contribution in [0.1, 0.15) is 98.8 Å². The van der Waals surface area contributed by atoms with E-state index in [1.54, 1.807) is 0 Å². The minimum atomic E-state index is -0.746. The monoisotopic (exact) mass is 434 g/mol. The van der Waals surface area contributed by atoms with Crippen LogP contribution < -0.4 is 0 Å². The minimum absolute atomic E-state index is 0.0189. The van der Waals surface area contributed by atoms with Crippen LogP contribution in [0, 0.1) is 46.3 Å². The first kappa shape index (κ1) is 23.7. The molecule has 0 aromatic heterocycles. The molecule has 178 valence electrons. The Hall–Kier alpha value is -0.450. The topological polar surface area (TPSA) is 77.8 Å². The third kappa shape index (κ3) is 3.93. The van der Waals surface area contributed by atoms with Gasteiger partial charge in [0.1, 0.15) is 5.78 Å². The fraction of sp³-hybridized carbons (Fsp3) is 0.963. The van der Waals surface area contributed by atoms with Crippen LogP contribution in [0.4, 0.5) is 0 Å². The van der Waals surface area contributed by atoms with E-state index in [-0.39, 0.29) is 22.7 Å². The van der Waals surface area contributed by atoms with Crippen molar-refractivity contribution in [3.8, 4) is 0 Å². The molecule has 0 saturated heterocycles. The van der Waals surface area contributed by atoms with Gasteiger partial charge in [-0.3, -0.25) is 4.79 Å². The Bertz CT molecular complexity index is 683. The zero-order valence-corrected chi connectivity index (χ0v) is 20.4. The van der Waals surface area contributed by atoms with Crippen molar-refractivity contribution in [3.63, 3.8) is 0 Å². The van der Waals surface area contributed by atoms with Crippen LogP contribution in [0.15, 0.2) is 0 Å². The number of aliphatic hydroxyl groups is 3. The van der Waals surface area contributed by atoms with Crippen LogP contribution in [0.2, 0.25) is 0 Å². The lowest BCUT2D eigenvalue weighted by atomic mass is 9.43. The minimum Gasteiger partial charge on any atom is -0.390 e. The number of hydrogen-bond acceptors (Lipinski definition) is 4. The number of rotatable bonds is 5. The average molecular weight is 435 g/mol. The highest BCUT2D eigenvalue weighted by molar-refractivity contribution is 5.83. The van der Waals surface area contributed by atoms with Gasteiger partial charge in [0, 0.05) is 12.3 Å². The van der Waals surface area contributed by atoms with Gasteiger partial charge in [0.25, 0.3) is 0 Å². The van der Waals surface area contributed by atoms with Crippen LogP contribution in [0.5, 0.6) is 0 Å². The van der Waals surface area contributed by atoms with Crippen LogP contribution in [0.3, 0.4) is 0 Å². The van der Waals surface area contributed by atoms with E-state index in [1.165, 1.54) is 12.8 Å². The number of carbonyl (C=O) groups is 1. The standard InChI is InChI=1S/C27H46O4/c1-16(7-6-12-25(2,3)31)17-8-9-18-23-19(10-13-26(17,18)4)27(5)14-11-21(28)24(30)20(27)15-22(23)29/h16-21,23-24,28,30-31H,6-15H2,1-5H3/t16-,17-,18+,19+,20+,21+,23+,24-,26-,27-/m1/s1. The second-order valence-electron chi connectivity index (χ2n) is 13.0. The van der Waals surface area contributed by atoms with Crippen LogP contribution in [-0.4, -0.2) is 38.9 Å². The summed E-state index contributed by atoms with van der Waals surface area (Å²) >= 11 is 0. The molecule has 4 saturated carbocycles. The molecule has 0 radical (unpaired) electrons. The maximum Gasteiger partial charge on any atom is 0.136 e. The number of fused-ring (bicyclic) bond motifs is 5. The van der Waals surface area contributed by atoms with Crippen molar-refractivity contribution >= 4 is 5.78 Å². The summed E-state index contributed by atoms with van der Waals surface area (Å²) in [7, 11) is 0. The van der Waals surface area contributed by atoms with Gasteiger partial charge in [-0.2, -0.15) is 0 Å². The predicted molar refractivity (Wildman–Crippen MR) is 122 cm³/mol. The molecule has 4 rings (SSSR count). The quantitative estimate of drug-likeness (QED) is 0.584. The van der Waals surface area contributed by atoms with Crippen LogP contribution in [-0.2, 0) is 4.79 Å². The summed E-state index contributed by atoms with van der Waals surface area (Å²) in [5, 5.41) is 31.0. The van der Waals surface area contributed by atoms with Crippen molar-refractivity contribution in [2.24, 2.45) is 46.3 Å². The zero-order valence-electron chi connectivity index (χ0n) is 20.4. The van der Waals surface area contributed by atoms with Crippen molar-refractivity contribution in [2.45, 2.75) is 117 Å². The first-order chi connectivity index (χ1) is 14.4. The van der Waals surface area contributed by atoms with Crippen molar-refractivity contribution in [1.82, 2.24) is 0 Å². The third-order valence-electron chi connectivity index (χ3n) is 10.8. The fourth-order valence-corrected chi connectivity index (χ4v) is 9.00. The van der Waals surface area contributed by atoms with Gasteiger partial charge >= 0.3 is 0 Å². The molecule has 0 amide bonds. The number of Topliss-reactive ketones (excluding diaryl/α,β-unsaturated/α-hetero) is 1. The Labute approximate surface area is 189 Å². The van der Waals surface area contributed by atoms with E-state index in [2.05, 4.69) is 20.8 Å². The van der Waals surface area contributed by atoms with Crippen molar-refractivity contribution in [2.75, 3.05) is 0 Å². The molecule has 31 heavy (non-hydrogen) atoms. The zero-order chi connectivity index (χ0) is 22.8. The molecule has 0 bridgehead atoms. The molecule has 0 spiro atoms. The lowest BCUT2D eigenvalue weighted by Crippen LogP contribution is -2.61. The molecule has 0 heterocycles. The normalized spacial score (nSPS) is 48.6. The Morgan fingerprint density at radius 2 is 1.65 bits per heavy atom. The van der Waals surface area contributed by atoms with E-state index in [1.807, 2.05) is 13.8 Å². The van der Waals surface area contributed by atoms with Gasteiger partial charge in [0.15, 0.2) is 0 Å². The molecule has 0 unspecified atom stereocenters. The number of ketones is 1. The van der Waals surface area contributed by atoms with Gasteiger partial charge in [-0.1, -0.05) is 33.6 Å². The van der Waals surface area contributed by atoms with Crippen LogP contribution >= 0.6 is 0 Å². The smallest absolute Gasteiger partial charge is 0.136 e. The Kier molecular flexibility index (Phi) is 6.19. The lowest BCUT2D eigenvalue weighted by Gasteiger charge is -2.61. The molecule has 3 N–H and O–H groups in total. The molecule has 0 aromatic rings. The van der Waals surface area contributed by atoms with Gasteiger partial charge in [0.2, 0.25) is 0 Å². The molecule has 4 aliphatic rings. The van der Waals surface area contributed by atoms with Crippen LogP contribution in [0.25, 0.3) is 0 Å². The molecular formula is C27H46O4. The molecule has 4 nitrogen and oxygen atoms in total. The van der Waals surface area contributed by atoms with Gasteiger partial charge in [0.05, 0.1) is 17.8 Å². The fourth-order valence-electron chi connectivity index (χ4n) is 9.00. The maximum atomic E-state index is 13.5. The van der Waals surface area contributed by atoms with E-state index in [9.17, 15) is 20.1 Å². The van der Waals surface area contributed by atoms with Crippen molar-refractivity contribution < 1.29 is 20.1 Å². The van der Waals surface area contributed by atoms with E-state index in [0.717, 1.165) is 38.5 Å². The molecule has 4 heteroatoms. The Morgan fingerprint density at radius 1 is 1.00 bits per heavy atom. The van der Waals surface area contributed by atoms with E-state index in [4.69, 9.17) is 0 Å². The first-order valence-electron chi connectivity index (χ1n) is 13.0. The van der Waals surface area contributed by atoms with Crippen molar-refractivity contribution in [3.05, 3.63) is 0 Å². The largest absolute Gasteiger partial charge is 0.390 e. The summed E-state index contributed by atoms with van der Waals surface area (Å²) in [6, 6.07) is 0. The average Bonchev–Trinajstić information content (AvgIpc) is 3.03. The molecule has 4 fully saturated rings. The summed E-state index contributed by atoms with van der Waals surface area (Å²) in [5.41, 5.74) is -0.367. The summed E-state index contributed by atoms with van der Waals surface area (Å²) in [6.45, 7) is 11.0. The highest BCUT2D eigenvalue weighted by Gasteiger charge is 2.64. The number of hydrogen-bond donors (Lipinski definition) is 3. The Balaban J connectivity index is 1.51. The summed E-state index contributed by atoms with van der Waals surface area (Å²) in [6.07, 6.45) is 8.36. The van der Waals surface area contributed by atoms with E-state index in [0.29, 0.717) is 42.3 Å². The first-order valence-corrected chi connectivity index (χ1v) is 13.0. The molecule has 4 aliphatic carbocycles. The number of aliphatic hydroxyl groups excluding tert-OH is 2. The summed E-state index contributed by atoms with van der Waals surface area (Å²) in [4.78, 5) is 13.5. The molecule has 0 aromatic carbocycles. The molecular weight excluding hydrogens is 388 g/mol. The molecule has 10 atom stereocenters. The van der Waals surface area contributed by atoms with E-state index >= 15 is 0 Å². The lowest BCUT2D eigenvalue weighted by molar-refractivity contribution is -0.182. The SMILES string of the molecule is C[C@H](CCCC(C)(C)O)[C@H]1CC[C@H]2[C@@H]3C(=O)C[C@H]4[C@@H](O)[C@@H](O)CC[C@]4(C)[C@H]3CC[C@]12C. The number of carbonyl (C=O) groups excluding carboxylic acids is 1.